The van der Waals surface area contributed by atoms with E-state index in [-0.39, 0.29) is 0 Å². The molecule has 0 saturated carbocycles. The Kier molecular flexibility index (Phi) is 2.63. The molecule has 2 heterocycles. The fourth-order valence-electron chi connectivity index (χ4n) is 2.38. The molecule has 0 N–H and O–H groups in total. The average Bonchev–Trinajstić information content (AvgIpc) is 2.37. The first kappa shape index (κ1) is 11.0. The van der Waals surface area contributed by atoms with E-state index in [2.05, 4.69) is 59.3 Å². The SMILES string of the molecule is CC1=Cc2ccccc2N(c2cccc(C)n2)C1. The molecule has 0 saturated heterocycles. The van der Waals surface area contributed by atoms with Crippen molar-refractivity contribution in [3.63, 3.8) is 0 Å². The van der Waals surface area contributed by atoms with Gasteiger partial charge in [-0.15, -0.1) is 0 Å². The Bertz CT molecular complexity index is 614. The summed E-state index contributed by atoms with van der Waals surface area (Å²) in [6, 6.07) is 14.6. The molecule has 0 fully saturated rings. The number of pyridine rings is 1. The zero-order valence-corrected chi connectivity index (χ0v) is 10.7. The van der Waals surface area contributed by atoms with Crippen LogP contribution in [0.1, 0.15) is 18.2 Å². The van der Waals surface area contributed by atoms with Crippen LogP contribution >= 0.6 is 0 Å². The van der Waals surface area contributed by atoms with Crippen molar-refractivity contribution in [1.29, 1.82) is 0 Å². The van der Waals surface area contributed by atoms with Crippen molar-refractivity contribution in [3.8, 4) is 0 Å². The van der Waals surface area contributed by atoms with Gasteiger partial charge in [0.15, 0.2) is 0 Å². The fraction of sp³-hybridized carbons (Fsp3) is 0.188. The Morgan fingerprint density at radius 1 is 1.00 bits per heavy atom. The highest BCUT2D eigenvalue weighted by atomic mass is 15.2. The summed E-state index contributed by atoms with van der Waals surface area (Å²) in [6.07, 6.45) is 2.25. The van der Waals surface area contributed by atoms with Crippen molar-refractivity contribution in [2.24, 2.45) is 0 Å². The van der Waals surface area contributed by atoms with E-state index in [1.165, 1.54) is 16.8 Å². The molecule has 1 aliphatic heterocycles. The number of fused-ring (bicyclic) bond motifs is 1. The Labute approximate surface area is 108 Å². The lowest BCUT2D eigenvalue weighted by Gasteiger charge is -2.29. The average molecular weight is 236 g/mol. The van der Waals surface area contributed by atoms with Gasteiger partial charge in [-0.2, -0.15) is 0 Å². The number of aromatic nitrogens is 1. The zero-order chi connectivity index (χ0) is 12.5. The maximum atomic E-state index is 4.63. The second kappa shape index (κ2) is 4.30. The Morgan fingerprint density at radius 3 is 2.67 bits per heavy atom. The minimum Gasteiger partial charge on any atom is -0.322 e. The molecule has 0 unspecified atom stereocenters. The van der Waals surface area contributed by atoms with Crippen LogP contribution in [-0.4, -0.2) is 11.5 Å². The van der Waals surface area contributed by atoms with Crippen LogP contribution < -0.4 is 4.90 Å². The molecule has 3 rings (SSSR count). The summed E-state index contributed by atoms with van der Waals surface area (Å²) in [5, 5.41) is 0. The van der Waals surface area contributed by atoms with E-state index < -0.39 is 0 Å². The van der Waals surface area contributed by atoms with Gasteiger partial charge in [-0.1, -0.05) is 35.9 Å². The Balaban J connectivity index is 2.11. The third-order valence-corrected chi connectivity index (χ3v) is 3.19. The normalized spacial score (nSPS) is 14.1. The van der Waals surface area contributed by atoms with Gasteiger partial charge in [0, 0.05) is 17.9 Å². The van der Waals surface area contributed by atoms with Gasteiger partial charge in [-0.05, 0) is 37.6 Å². The molecular weight excluding hydrogens is 220 g/mol. The van der Waals surface area contributed by atoms with Crippen molar-refractivity contribution < 1.29 is 0 Å². The first-order valence-corrected chi connectivity index (χ1v) is 6.21. The highest BCUT2D eigenvalue weighted by Gasteiger charge is 2.17. The summed E-state index contributed by atoms with van der Waals surface area (Å²) >= 11 is 0. The summed E-state index contributed by atoms with van der Waals surface area (Å²) < 4.78 is 0. The molecule has 1 aromatic heterocycles. The first-order chi connectivity index (χ1) is 8.74. The van der Waals surface area contributed by atoms with Crippen LogP contribution in [0, 0.1) is 6.92 Å². The predicted octanol–water partition coefficient (Wildman–Crippen LogP) is 3.95. The molecule has 18 heavy (non-hydrogen) atoms. The number of anilines is 2. The predicted molar refractivity (Wildman–Crippen MR) is 76.1 cm³/mol. The zero-order valence-electron chi connectivity index (χ0n) is 10.7. The van der Waals surface area contributed by atoms with E-state index in [0.717, 1.165) is 18.1 Å². The molecule has 90 valence electrons. The summed E-state index contributed by atoms with van der Waals surface area (Å²) in [5.41, 5.74) is 4.92. The maximum Gasteiger partial charge on any atom is 0.133 e. The van der Waals surface area contributed by atoms with Gasteiger partial charge >= 0.3 is 0 Å². The first-order valence-electron chi connectivity index (χ1n) is 6.21. The van der Waals surface area contributed by atoms with Crippen LogP contribution in [0.15, 0.2) is 48.0 Å². The lowest BCUT2D eigenvalue weighted by molar-refractivity contribution is 0.981. The molecule has 2 heteroatoms. The molecule has 0 amide bonds. The number of nitrogens with zero attached hydrogens (tertiary/aromatic N) is 2. The second-order valence-corrected chi connectivity index (χ2v) is 4.77. The van der Waals surface area contributed by atoms with Crippen LogP contribution in [0.25, 0.3) is 6.08 Å². The molecule has 1 aromatic carbocycles. The molecule has 0 atom stereocenters. The smallest absolute Gasteiger partial charge is 0.133 e. The van der Waals surface area contributed by atoms with Gasteiger partial charge in [0.2, 0.25) is 0 Å². The van der Waals surface area contributed by atoms with E-state index in [1.54, 1.807) is 0 Å². The van der Waals surface area contributed by atoms with Crippen LogP contribution in [-0.2, 0) is 0 Å². The number of hydrogen-bond donors (Lipinski definition) is 0. The van der Waals surface area contributed by atoms with Crippen LogP contribution in [0.5, 0.6) is 0 Å². The van der Waals surface area contributed by atoms with E-state index in [9.17, 15) is 0 Å². The summed E-state index contributed by atoms with van der Waals surface area (Å²) in [6.45, 7) is 5.11. The van der Waals surface area contributed by atoms with E-state index >= 15 is 0 Å². The highest BCUT2D eigenvalue weighted by Crippen LogP contribution is 2.33. The van der Waals surface area contributed by atoms with E-state index in [0.29, 0.717) is 0 Å². The number of rotatable bonds is 1. The largest absolute Gasteiger partial charge is 0.322 e. The standard InChI is InChI=1S/C16H16N2/c1-12-10-14-7-3-4-8-15(14)18(11-12)16-9-5-6-13(2)17-16/h3-10H,11H2,1-2H3. The second-order valence-electron chi connectivity index (χ2n) is 4.77. The van der Waals surface area contributed by atoms with E-state index in [4.69, 9.17) is 0 Å². The Hall–Kier alpha value is -2.09. The molecule has 2 aromatic rings. The minimum atomic E-state index is 0.910. The third-order valence-electron chi connectivity index (χ3n) is 3.19. The molecule has 0 bridgehead atoms. The van der Waals surface area contributed by atoms with Gasteiger partial charge in [0.25, 0.3) is 0 Å². The van der Waals surface area contributed by atoms with Gasteiger partial charge in [-0.3, -0.25) is 0 Å². The molecular formula is C16H16N2. The molecule has 2 nitrogen and oxygen atoms in total. The lowest BCUT2D eigenvalue weighted by atomic mass is 10.0. The summed E-state index contributed by atoms with van der Waals surface area (Å²) in [7, 11) is 0. The van der Waals surface area contributed by atoms with Gasteiger partial charge < -0.3 is 4.90 Å². The minimum absolute atomic E-state index is 0.910. The van der Waals surface area contributed by atoms with Crippen molar-refractivity contribution in [1.82, 2.24) is 4.98 Å². The van der Waals surface area contributed by atoms with Crippen molar-refractivity contribution in [2.45, 2.75) is 13.8 Å². The van der Waals surface area contributed by atoms with Crippen molar-refractivity contribution in [3.05, 3.63) is 59.3 Å². The van der Waals surface area contributed by atoms with Gasteiger partial charge in [-0.25, -0.2) is 4.98 Å². The van der Waals surface area contributed by atoms with Crippen LogP contribution in [0.3, 0.4) is 0 Å². The number of para-hydroxylation sites is 1. The quantitative estimate of drug-likeness (QED) is 0.745. The lowest BCUT2D eigenvalue weighted by Crippen LogP contribution is -2.23. The number of hydrogen-bond acceptors (Lipinski definition) is 2. The monoisotopic (exact) mass is 236 g/mol. The molecule has 0 spiro atoms. The maximum absolute atomic E-state index is 4.63. The summed E-state index contributed by atoms with van der Waals surface area (Å²) in [5.74, 6) is 1.02. The Morgan fingerprint density at radius 2 is 1.83 bits per heavy atom. The van der Waals surface area contributed by atoms with Crippen molar-refractivity contribution >= 4 is 17.6 Å². The van der Waals surface area contributed by atoms with Crippen LogP contribution in [0.2, 0.25) is 0 Å². The van der Waals surface area contributed by atoms with Crippen molar-refractivity contribution in [2.75, 3.05) is 11.4 Å². The molecule has 0 aliphatic carbocycles. The summed E-state index contributed by atoms with van der Waals surface area (Å²) in [4.78, 5) is 6.90. The highest BCUT2D eigenvalue weighted by molar-refractivity contribution is 5.77. The molecule has 0 radical (unpaired) electrons. The topological polar surface area (TPSA) is 16.1 Å². The van der Waals surface area contributed by atoms with Gasteiger partial charge in [0.05, 0.1) is 0 Å². The van der Waals surface area contributed by atoms with Crippen LogP contribution in [0.4, 0.5) is 11.5 Å². The third kappa shape index (κ3) is 1.90. The van der Waals surface area contributed by atoms with Gasteiger partial charge in [0.1, 0.15) is 5.82 Å². The molecule has 1 aliphatic rings. The number of benzene rings is 1. The van der Waals surface area contributed by atoms with E-state index in [1.807, 2.05) is 13.0 Å². The number of aryl methyl sites for hydroxylation is 1. The fourth-order valence-corrected chi connectivity index (χ4v) is 2.38.